The van der Waals surface area contributed by atoms with E-state index < -0.39 is 26.8 Å². The van der Waals surface area contributed by atoms with Crippen LogP contribution in [0.4, 0.5) is 0 Å². The first-order valence-corrected chi connectivity index (χ1v) is 13.9. The summed E-state index contributed by atoms with van der Waals surface area (Å²) >= 11 is 1.49. The number of hydrogen-bond donors (Lipinski definition) is 2. The van der Waals surface area contributed by atoms with Crippen LogP contribution in [-0.4, -0.2) is 52.9 Å². The van der Waals surface area contributed by atoms with E-state index in [1.807, 2.05) is 0 Å². The number of aliphatic carboxylic acids is 1. The molecule has 33 heavy (non-hydrogen) atoms. The van der Waals surface area contributed by atoms with Crippen molar-refractivity contribution in [2.75, 3.05) is 12.3 Å². The first-order chi connectivity index (χ1) is 15.7. The summed E-state index contributed by atoms with van der Waals surface area (Å²) in [5, 5.41) is 13.4. The van der Waals surface area contributed by atoms with Crippen LogP contribution in [0.2, 0.25) is 0 Å². The summed E-state index contributed by atoms with van der Waals surface area (Å²) in [6.07, 6.45) is 5.14. The van der Waals surface area contributed by atoms with E-state index in [-0.39, 0.29) is 11.4 Å². The molecule has 1 aliphatic carbocycles. The van der Waals surface area contributed by atoms with E-state index in [1.165, 1.54) is 43.0 Å². The normalized spacial score (nSPS) is 21.8. The van der Waals surface area contributed by atoms with Crippen LogP contribution in [0.5, 0.6) is 0 Å². The highest BCUT2D eigenvalue weighted by molar-refractivity contribution is 8.00. The van der Waals surface area contributed by atoms with Crippen LogP contribution in [0, 0.1) is 0 Å². The highest BCUT2D eigenvalue weighted by Crippen LogP contribution is 2.38. The molecule has 2 aliphatic rings. The Bertz CT molecular complexity index is 1080. The first kappa shape index (κ1) is 24.3. The Balaban J connectivity index is 1.48. The van der Waals surface area contributed by atoms with Gasteiger partial charge in [0.1, 0.15) is 6.04 Å². The molecule has 2 N–H and O–H groups in total. The number of hydrogen-bond acceptors (Lipinski definition) is 5. The second-order valence-corrected chi connectivity index (χ2v) is 13.0. The molecule has 2 fully saturated rings. The fraction of sp³-hybridized carbons (Fsp3) is 0.480. The van der Waals surface area contributed by atoms with Crippen molar-refractivity contribution in [1.82, 2.24) is 9.62 Å². The number of benzene rings is 2. The minimum Gasteiger partial charge on any atom is -0.480 e. The molecule has 0 spiro atoms. The van der Waals surface area contributed by atoms with Gasteiger partial charge in [-0.15, -0.1) is 0 Å². The van der Waals surface area contributed by atoms with Crippen LogP contribution < -0.4 is 5.32 Å². The van der Waals surface area contributed by atoms with Crippen molar-refractivity contribution >= 4 is 27.8 Å². The Kier molecular flexibility index (Phi) is 7.19. The van der Waals surface area contributed by atoms with Crippen LogP contribution in [-0.2, 0) is 21.4 Å². The fourth-order valence-electron chi connectivity index (χ4n) is 4.79. The third kappa shape index (κ3) is 5.29. The third-order valence-corrected chi connectivity index (χ3v) is 9.90. The van der Waals surface area contributed by atoms with Crippen LogP contribution in [0.3, 0.4) is 0 Å². The van der Waals surface area contributed by atoms with Crippen LogP contribution >= 0.6 is 11.8 Å². The van der Waals surface area contributed by atoms with Crippen molar-refractivity contribution in [3.05, 3.63) is 54.1 Å². The molecule has 1 atom stereocenters. The van der Waals surface area contributed by atoms with Gasteiger partial charge in [0.05, 0.1) is 4.90 Å². The average molecular weight is 489 g/mol. The number of carboxylic acids is 1. The van der Waals surface area contributed by atoms with E-state index in [1.54, 1.807) is 38.1 Å². The number of carboxylic acid groups (broad SMARTS) is 1. The summed E-state index contributed by atoms with van der Waals surface area (Å²) in [5.41, 5.74) is 3.17. The standard InChI is InChI=1S/C25H32N2O4S2/c1-25(2)23(24(28)29)27(15-16-32-25)33(30,31)22-13-11-20(12-14-22)19-9-7-18(8-10-19)17-26-21-5-3-4-6-21/h7-14,21,23,26H,3-6,15-17H2,1-2H3,(H,28,29)/t23-/m0/s1. The highest BCUT2D eigenvalue weighted by atomic mass is 32.2. The maximum absolute atomic E-state index is 13.3. The van der Waals surface area contributed by atoms with Crippen molar-refractivity contribution in [2.45, 2.75) is 67.8 Å². The fourth-order valence-corrected chi connectivity index (χ4v) is 7.89. The monoisotopic (exact) mass is 488 g/mol. The molecule has 0 amide bonds. The zero-order valence-corrected chi connectivity index (χ0v) is 20.8. The van der Waals surface area contributed by atoms with Crippen molar-refractivity contribution in [3.8, 4) is 11.1 Å². The zero-order chi connectivity index (χ0) is 23.6. The van der Waals surface area contributed by atoms with Gasteiger partial charge in [0.25, 0.3) is 0 Å². The average Bonchev–Trinajstić information content (AvgIpc) is 3.31. The van der Waals surface area contributed by atoms with E-state index in [9.17, 15) is 18.3 Å². The summed E-state index contributed by atoms with van der Waals surface area (Å²) in [6.45, 7) is 4.62. The molecule has 0 bridgehead atoms. The largest absolute Gasteiger partial charge is 0.480 e. The molecule has 1 saturated carbocycles. The maximum atomic E-state index is 13.3. The van der Waals surface area contributed by atoms with Crippen molar-refractivity contribution in [2.24, 2.45) is 0 Å². The second-order valence-electron chi connectivity index (χ2n) is 9.39. The number of carbonyl (C=O) groups is 1. The van der Waals surface area contributed by atoms with Crippen molar-refractivity contribution < 1.29 is 18.3 Å². The summed E-state index contributed by atoms with van der Waals surface area (Å²) in [5.74, 6) is -0.550. The van der Waals surface area contributed by atoms with Gasteiger partial charge >= 0.3 is 5.97 Å². The number of nitrogens with one attached hydrogen (secondary N) is 1. The van der Waals surface area contributed by atoms with E-state index in [0.717, 1.165) is 22.0 Å². The van der Waals surface area contributed by atoms with Crippen molar-refractivity contribution in [3.63, 3.8) is 0 Å². The molecule has 0 aromatic heterocycles. The molecule has 1 aliphatic heterocycles. The second kappa shape index (κ2) is 9.78. The predicted molar refractivity (Wildman–Crippen MR) is 133 cm³/mol. The Labute approximate surface area is 200 Å². The lowest BCUT2D eigenvalue weighted by Crippen LogP contribution is -2.58. The summed E-state index contributed by atoms with van der Waals surface area (Å²) in [4.78, 5) is 12.0. The smallest absolute Gasteiger partial charge is 0.323 e. The van der Waals surface area contributed by atoms with E-state index in [2.05, 4.69) is 29.6 Å². The van der Waals surface area contributed by atoms with E-state index >= 15 is 0 Å². The zero-order valence-electron chi connectivity index (χ0n) is 19.2. The molecular formula is C25H32N2O4S2. The molecule has 2 aromatic carbocycles. The van der Waals surface area contributed by atoms with Gasteiger partial charge in [0.15, 0.2) is 0 Å². The Morgan fingerprint density at radius 2 is 1.64 bits per heavy atom. The predicted octanol–water partition coefficient (Wildman–Crippen LogP) is 4.36. The van der Waals surface area contributed by atoms with Gasteiger partial charge in [0.2, 0.25) is 10.0 Å². The molecule has 1 saturated heterocycles. The molecule has 0 unspecified atom stereocenters. The lowest BCUT2D eigenvalue weighted by molar-refractivity contribution is -0.142. The maximum Gasteiger partial charge on any atom is 0.323 e. The van der Waals surface area contributed by atoms with Gasteiger partial charge in [-0.1, -0.05) is 49.2 Å². The Hall–Kier alpha value is -1.87. The topological polar surface area (TPSA) is 86.7 Å². The molecule has 178 valence electrons. The minimum absolute atomic E-state index is 0.123. The number of nitrogens with zero attached hydrogens (tertiary/aromatic N) is 1. The van der Waals surface area contributed by atoms with Gasteiger partial charge in [-0.05, 0) is 55.5 Å². The molecule has 4 rings (SSSR count). The lowest BCUT2D eigenvalue weighted by Gasteiger charge is -2.42. The molecule has 0 radical (unpaired) electrons. The molecule has 2 aromatic rings. The summed E-state index contributed by atoms with van der Waals surface area (Å²) in [7, 11) is -3.92. The highest BCUT2D eigenvalue weighted by Gasteiger charge is 2.48. The number of sulfonamides is 1. The minimum atomic E-state index is -3.92. The molecule has 8 heteroatoms. The number of thioether (sulfide) groups is 1. The van der Waals surface area contributed by atoms with E-state index in [0.29, 0.717) is 11.8 Å². The SMILES string of the molecule is CC1(C)SCCN(S(=O)(=O)c2ccc(-c3ccc(CNC4CCCC4)cc3)cc2)[C@H]1C(=O)O. The van der Waals surface area contributed by atoms with Crippen LogP contribution in [0.1, 0.15) is 45.1 Å². The summed E-state index contributed by atoms with van der Waals surface area (Å²) in [6, 6.07) is 14.6. The van der Waals surface area contributed by atoms with Crippen LogP contribution in [0.25, 0.3) is 11.1 Å². The summed E-state index contributed by atoms with van der Waals surface area (Å²) < 4.78 is 27.1. The third-order valence-electron chi connectivity index (χ3n) is 6.66. The van der Waals surface area contributed by atoms with Crippen molar-refractivity contribution in [1.29, 1.82) is 0 Å². The Morgan fingerprint density at radius 3 is 2.21 bits per heavy atom. The molecule has 6 nitrogen and oxygen atoms in total. The van der Waals surface area contributed by atoms with Gasteiger partial charge in [-0.25, -0.2) is 8.42 Å². The Morgan fingerprint density at radius 1 is 1.06 bits per heavy atom. The van der Waals surface area contributed by atoms with Crippen LogP contribution in [0.15, 0.2) is 53.4 Å². The first-order valence-electron chi connectivity index (χ1n) is 11.5. The number of rotatable bonds is 7. The molecular weight excluding hydrogens is 456 g/mol. The quantitative estimate of drug-likeness (QED) is 0.602. The molecule has 1 heterocycles. The van der Waals surface area contributed by atoms with Gasteiger partial charge in [-0.2, -0.15) is 16.1 Å². The van der Waals surface area contributed by atoms with Gasteiger partial charge in [-0.3, -0.25) is 4.79 Å². The van der Waals surface area contributed by atoms with E-state index in [4.69, 9.17) is 0 Å². The lowest BCUT2D eigenvalue weighted by atomic mass is 10.0. The van der Waals surface area contributed by atoms with Gasteiger partial charge < -0.3 is 10.4 Å². The van der Waals surface area contributed by atoms with Gasteiger partial charge in [0, 0.05) is 29.6 Å².